The van der Waals surface area contributed by atoms with E-state index in [1.54, 1.807) is 0 Å². The molecule has 36 heavy (non-hydrogen) atoms. The van der Waals surface area contributed by atoms with Crippen LogP contribution in [0.2, 0.25) is 0 Å². The number of aromatic nitrogens is 3. The predicted octanol–water partition coefficient (Wildman–Crippen LogP) is 4.28. The summed E-state index contributed by atoms with van der Waals surface area (Å²) in [4.78, 5) is 11.4. The second-order valence-electron chi connectivity index (χ2n) is 9.92. The molecule has 0 radical (unpaired) electrons. The molecule has 186 valence electrons. The monoisotopic (exact) mass is 483 g/mol. The highest BCUT2D eigenvalue weighted by Gasteiger charge is 2.19. The minimum Gasteiger partial charge on any atom is -0.390 e. The Bertz CT molecular complexity index is 1330. The molecule has 0 saturated carbocycles. The molecule has 2 aromatic carbocycles. The van der Waals surface area contributed by atoms with Crippen LogP contribution in [-0.2, 0) is 17.7 Å². The molecule has 1 atom stereocenters. The molecule has 7 heteroatoms. The third-order valence-electron chi connectivity index (χ3n) is 7.45. The van der Waals surface area contributed by atoms with Gasteiger partial charge < -0.3 is 19.7 Å². The molecule has 4 heterocycles. The number of nitrogens with zero attached hydrogens (tertiary/aromatic N) is 4. The molecule has 2 N–H and O–H groups in total. The Morgan fingerprint density at radius 1 is 1.00 bits per heavy atom. The van der Waals surface area contributed by atoms with Gasteiger partial charge in [0.2, 0.25) is 0 Å². The number of rotatable bonds is 7. The highest BCUT2D eigenvalue weighted by molar-refractivity contribution is 5.82. The highest BCUT2D eigenvalue weighted by atomic mass is 16.5. The largest absolute Gasteiger partial charge is 0.390 e. The van der Waals surface area contributed by atoms with Crippen molar-refractivity contribution in [1.29, 1.82) is 0 Å². The molecule has 1 saturated heterocycles. The second kappa shape index (κ2) is 10.4. The number of pyridine rings is 1. The van der Waals surface area contributed by atoms with Crippen molar-refractivity contribution in [1.82, 2.24) is 19.4 Å². The van der Waals surface area contributed by atoms with E-state index in [0.29, 0.717) is 19.1 Å². The third-order valence-corrected chi connectivity index (χ3v) is 7.45. The lowest BCUT2D eigenvalue weighted by Gasteiger charge is -2.30. The number of fused-ring (bicyclic) bond motifs is 2. The Morgan fingerprint density at radius 3 is 2.72 bits per heavy atom. The van der Waals surface area contributed by atoms with Gasteiger partial charge in [-0.15, -0.1) is 0 Å². The van der Waals surface area contributed by atoms with E-state index < -0.39 is 6.10 Å². The van der Waals surface area contributed by atoms with E-state index in [1.165, 1.54) is 11.1 Å². The summed E-state index contributed by atoms with van der Waals surface area (Å²) in [6.07, 6.45) is 6.40. The second-order valence-corrected chi connectivity index (χ2v) is 9.92. The molecule has 2 aliphatic rings. The van der Waals surface area contributed by atoms with Crippen molar-refractivity contribution in [3.8, 4) is 11.1 Å². The summed E-state index contributed by atoms with van der Waals surface area (Å²) in [6, 6.07) is 19.5. The van der Waals surface area contributed by atoms with Crippen molar-refractivity contribution in [3.63, 3.8) is 0 Å². The molecule has 0 amide bonds. The first-order valence-corrected chi connectivity index (χ1v) is 12.9. The van der Waals surface area contributed by atoms with Gasteiger partial charge in [-0.1, -0.05) is 30.3 Å². The maximum atomic E-state index is 10.7. The zero-order chi connectivity index (χ0) is 24.3. The molecule has 1 fully saturated rings. The third kappa shape index (κ3) is 5.00. The van der Waals surface area contributed by atoms with Gasteiger partial charge >= 0.3 is 0 Å². The number of benzene rings is 2. The minimum absolute atomic E-state index is 0.434. The molecule has 0 aliphatic carbocycles. The molecule has 0 bridgehead atoms. The fourth-order valence-corrected chi connectivity index (χ4v) is 5.46. The van der Waals surface area contributed by atoms with Crippen LogP contribution in [-0.4, -0.2) is 63.5 Å². The number of hydrogen-bond acceptors (Lipinski definition) is 6. The van der Waals surface area contributed by atoms with Gasteiger partial charge in [0.05, 0.1) is 23.5 Å². The zero-order valence-electron chi connectivity index (χ0n) is 20.5. The van der Waals surface area contributed by atoms with Crippen molar-refractivity contribution >= 4 is 16.9 Å². The SMILES string of the molecule is OC(CNc1cc(-c2ccc3ncn(C4CCOCC4)c3c2)ccn1)CN1CCc2ccccc2C1. The van der Waals surface area contributed by atoms with Gasteiger partial charge in [0.1, 0.15) is 5.82 Å². The maximum absolute atomic E-state index is 10.7. The molecular formula is C29H33N5O2. The van der Waals surface area contributed by atoms with E-state index in [2.05, 4.69) is 73.3 Å². The maximum Gasteiger partial charge on any atom is 0.126 e. The number of hydrogen-bond donors (Lipinski definition) is 2. The summed E-state index contributed by atoms with van der Waals surface area (Å²) in [5.74, 6) is 0.772. The first-order valence-electron chi connectivity index (χ1n) is 12.9. The van der Waals surface area contributed by atoms with E-state index in [0.717, 1.165) is 73.5 Å². The van der Waals surface area contributed by atoms with E-state index in [9.17, 15) is 5.11 Å². The van der Waals surface area contributed by atoms with E-state index in [1.807, 2.05) is 18.6 Å². The number of aliphatic hydroxyl groups is 1. The van der Waals surface area contributed by atoms with Crippen LogP contribution in [0.25, 0.3) is 22.2 Å². The number of nitrogens with one attached hydrogen (secondary N) is 1. The quantitative estimate of drug-likeness (QED) is 0.409. The van der Waals surface area contributed by atoms with Gasteiger partial charge in [-0.3, -0.25) is 4.90 Å². The summed E-state index contributed by atoms with van der Waals surface area (Å²) in [5, 5.41) is 14.0. The Labute approximate surface area is 211 Å². The van der Waals surface area contributed by atoms with Crippen LogP contribution in [0, 0.1) is 0 Å². The molecule has 7 nitrogen and oxygen atoms in total. The summed E-state index contributed by atoms with van der Waals surface area (Å²) < 4.78 is 7.85. The zero-order valence-corrected chi connectivity index (χ0v) is 20.5. The van der Waals surface area contributed by atoms with Crippen LogP contribution in [0.4, 0.5) is 5.82 Å². The number of aliphatic hydroxyl groups excluding tert-OH is 1. The van der Waals surface area contributed by atoms with E-state index in [-0.39, 0.29) is 0 Å². The fourth-order valence-electron chi connectivity index (χ4n) is 5.46. The van der Waals surface area contributed by atoms with Crippen LogP contribution in [0.1, 0.15) is 30.0 Å². The Hall–Kier alpha value is -3.26. The Balaban J connectivity index is 1.11. The molecule has 4 aromatic rings. The molecule has 2 aliphatic heterocycles. The van der Waals surface area contributed by atoms with Crippen molar-refractivity contribution in [2.24, 2.45) is 0 Å². The van der Waals surface area contributed by atoms with Gasteiger partial charge in [0.15, 0.2) is 0 Å². The summed E-state index contributed by atoms with van der Waals surface area (Å²) >= 11 is 0. The molecule has 0 spiro atoms. The normalized spacial score (nSPS) is 17.7. The Kier molecular flexibility index (Phi) is 6.68. The Morgan fingerprint density at radius 2 is 1.83 bits per heavy atom. The number of β-amino-alcohol motifs (C(OH)–C–C–N with tert-alkyl or cyclic N) is 1. The van der Waals surface area contributed by atoms with Crippen LogP contribution < -0.4 is 5.32 Å². The lowest BCUT2D eigenvalue weighted by Crippen LogP contribution is -2.39. The van der Waals surface area contributed by atoms with Gasteiger partial charge in [0.25, 0.3) is 0 Å². The van der Waals surface area contributed by atoms with Gasteiger partial charge in [-0.25, -0.2) is 9.97 Å². The smallest absolute Gasteiger partial charge is 0.126 e. The van der Waals surface area contributed by atoms with Crippen LogP contribution >= 0.6 is 0 Å². The van der Waals surface area contributed by atoms with Crippen molar-refractivity contribution in [3.05, 3.63) is 78.2 Å². The number of anilines is 1. The van der Waals surface area contributed by atoms with Crippen molar-refractivity contribution < 1.29 is 9.84 Å². The first kappa shape index (κ1) is 23.2. The van der Waals surface area contributed by atoms with Gasteiger partial charge in [-0.05, 0) is 65.8 Å². The fraction of sp³-hybridized carbons (Fsp3) is 0.379. The van der Waals surface area contributed by atoms with Gasteiger partial charge in [-0.2, -0.15) is 0 Å². The van der Waals surface area contributed by atoms with Gasteiger partial charge in [0, 0.05) is 51.6 Å². The molecule has 1 unspecified atom stereocenters. The average molecular weight is 484 g/mol. The molecule has 6 rings (SSSR count). The lowest BCUT2D eigenvalue weighted by atomic mass is 10.00. The summed E-state index contributed by atoms with van der Waals surface area (Å²) in [5.41, 5.74) is 7.20. The summed E-state index contributed by atoms with van der Waals surface area (Å²) in [6.45, 7) is 4.60. The number of imidazole rings is 1. The van der Waals surface area contributed by atoms with Crippen LogP contribution in [0.15, 0.2) is 67.1 Å². The lowest BCUT2D eigenvalue weighted by molar-refractivity contribution is 0.0706. The minimum atomic E-state index is -0.467. The summed E-state index contributed by atoms with van der Waals surface area (Å²) in [7, 11) is 0. The predicted molar refractivity (Wildman–Crippen MR) is 142 cm³/mol. The van der Waals surface area contributed by atoms with Crippen LogP contribution in [0.3, 0.4) is 0 Å². The molecule has 2 aromatic heterocycles. The van der Waals surface area contributed by atoms with E-state index >= 15 is 0 Å². The first-order chi connectivity index (χ1) is 17.7. The van der Waals surface area contributed by atoms with Crippen molar-refractivity contribution in [2.45, 2.75) is 38.0 Å². The highest BCUT2D eigenvalue weighted by Crippen LogP contribution is 2.29. The van der Waals surface area contributed by atoms with Crippen LogP contribution in [0.5, 0.6) is 0 Å². The number of ether oxygens (including phenoxy) is 1. The van der Waals surface area contributed by atoms with E-state index in [4.69, 9.17) is 4.74 Å². The topological polar surface area (TPSA) is 75.4 Å². The standard InChI is InChI=1S/C29H33N5O2/c35-26(19-33-12-8-21-3-1-2-4-24(21)18-33)17-31-29-16-23(7-11-30-29)22-5-6-27-28(15-22)34(20-32-27)25-9-13-36-14-10-25/h1-7,11,15-16,20,25-26,35H,8-10,12-14,17-19H2,(H,30,31). The average Bonchev–Trinajstić information content (AvgIpc) is 3.36. The van der Waals surface area contributed by atoms with Crippen molar-refractivity contribution in [2.75, 3.05) is 38.2 Å². The molecular weight excluding hydrogens is 450 g/mol.